The first kappa shape index (κ1) is 28.7. The number of nitrogens with zero attached hydrogens (tertiary/aromatic N) is 2. The largest absolute Gasteiger partial charge is 3.00 e. The van der Waals surface area contributed by atoms with Gasteiger partial charge in [-0.15, -0.1) is 0 Å². The second kappa shape index (κ2) is 19.7. The standard InChI is InChI=1S/2C11H16N2O2.Co/c2*14-8-7-12-5-6-13-9-10-3-1-2-4-11(10)15;/h2*1-4,9,12,14-15H,5-8H2;/q;;+3. The van der Waals surface area contributed by atoms with Crippen molar-refractivity contribution in [3.63, 3.8) is 0 Å². The first-order chi connectivity index (χ1) is 14.7. The number of phenols is 2. The fourth-order valence-corrected chi connectivity index (χ4v) is 2.21. The fourth-order valence-electron chi connectivity index (χ4n) is 2.21. The minimum atomic E-state index is 0. The summed E-state index contributed by atoms with van der Waals surface area (Å²) in [6, 6.07) is 14.1. The molecule has 0 spiro atoms. The van der Waals surface area contributed by atoms with Crippen LogP contribution in [-0.2, 0) is 16.8 Å². The van der Waals surface area contributed by atoms with E-state index in [-0.39, 0.29) is 41.5 Å². The molecule has 0 aromatic heterocycles. The molecule has 0 aliphatic heterocycles. The van der Waals surface area contributed by atoms with Gasteiger partial charge in [-0.1, -0.05) is 24.3 Å². The Morgan fingerprint density at radius 2 is 1.03 bits per heavy atom. The van der Waals surface area contributed by atoms with Gasteiger partial charge in [0.15, 0.2) is 0 Å². The van der Waals surface area contributed by atoms with Crippen molar-refractivity contribution in [1.82, 2.24) is 10.6 Å². The van der Waals surface area contributed by atoms with E-state index < -0.39 is 0 Å². The Morgan fingerprint density at radius 1 is 0.645 bits per heavy atom. The van der Waals surface area contributed by atoms with E-state index in [9.17, 15) is 10.2 Å². The molecule has 0 amide bonds. The third-order valence-corrected chi connectivity index (χ3v) is 3.75. The molecule has 6 N–H and O–H groups in total. The van der Waals surface area contributed by atoms with Gasteiger partial charge in [0, 0.05) is 49.7 Å². The number of aliphatic hydroxyl groups is 2. The molecule has 0 aliphatic rings. The smallest absolute Gasteiger partial charge is 0.507 e. The summed E-state index contributed by atoms with van der Waals surface area (Å²) in [6.45, 7) is 4.18. The SMILES string of the molecule is OCCNCCN=Cc1ccccc1O.OCCNCCN=Cc1ccccc1O.[Co+3]. The Bertz CT molecular complexity index is 696. The molecule has 0 atom stereocenters. The van der Waals surface area contributed by atoms with Gasteiger partial charge in [-0.2, -0.15) is 0 Å². The second-order valence-corrected chi connectivity index (χ2v) is 6.14. The third-order valence-electron chi connectivity index (χ3n) is 3.75. The van der Waals surface area contributed by atoms with Gasteiger partial charge in [-0.25, -0.2) is 0 Å². The Kier molecular flexibility index (Phi) is 18.2. The average molecular weight is 475 g/mol. The minimum absolute atomic E-state index is 0. The molecular formula is C22H32CoN4O4+3. The van der Waals surface area contributed by atoms with Crippen molar-refractivity contribution in [2.24, 2.45) is 9.98 Å². The fraction of sp³-hybridized carbons (Fsp3) is 0.364. The number of aliphatic imine (C=N–C) groups is 2. The second-order valence-electron chi connectivity index (χ2n) is 6.14. The van der Waals surface area contributed by atoms with Crippen molar-refractivity contribution in [2.75, 3.05) is 52.5 Å². The van der Waals surface area contributed by atoms with Crippen LogP contribution in [0.25, 0.3) is 0 Å². The van der Waals surface area contributed by atoms with Gasteiger partial charge in [0.25, 0.3) is 0 Å². The topological polar surface area (TPSA) is 130 Å². The van der Waals surface area contributed by atoms with Crippen molar-refractivity contribution in [2.45, 2.75) is 0 Å². The van der Waals surface area contributed by atoms with Crippen LogP contribution >= 0.6 is 0 Å². The number of benzene rings is 2. The predicted octanol–water partition coefficient (Wildman–Crippen LogP) is 0.784. The molecule has 170 valence electrons. The first-order valence-electron chi connectivity index (χ1n) is 9.87. The Balaban J connectivity index is 0.000000562. The van der Waals surface area contributed by atoms with Gasteiger partial charge in [0.2, 0.25) is 0 Å². The molecule has 0 radical (unpaired) electrons. The van der Waals surface area contributed by atoms with E-state index in [2.05, 4.69) is 20.6 Å². The molecule has 0 aliphatic carbocycles. The number of phenolic OH excluding ortho intramolecular Hbond substituents is 2. The maximum Gasteiger partial charge on any atom is 3.00 e. The van der Waals surface area contributed by atoms with Gasteiger partial charge in [-0.3, -0.25) is 9.98 Å². The predicted molar refractivity (Wildman–Crippen MR) is 121 cm³/mol. The van der Waals surface area contributed by atoms with Crippen molar-refractivity contribution in [3.8, 4) is 11.5 Å². The molecule has 2 aromatic carbocycles. The van der Waals surface area contributed by atoms with Crippen LogP contribution in [0.4, 0.5) is 0 Å². The molecule has 0 saturated heterocycles. The van der Waals surface area contributed by atoms with Gasteiger partial charge in [-0.05, 0) is 24.3 Å². The number of aliphatic hydroxyl groups excluding tert-OH is 2. The average Bonchev–Trinajstić information content (AvgIpc) is 2.76. The van der Waals surface area contributed by atoms with Crippen LogP contribution in [0, 0.1) is 0 Å². The summed E-state index contributed by atoms with van der Waals surface area (Å²) in [5.74, 6) is 0.481. The van der Waals surface area contributed by atoms with Crippen molar-refractivity contribution in [3.05, 3.63) is 59.7 Å². The maximum absolute atomic E-state index is 9.41. The molecule has 0 heterocycles. The summed E-state index contributed by atoms with van der Waals surface area (Å²) < 4.78 is 0. The van der Waals surface area contributed by atoms with E-state index in [0.717, 1.165) is 24.2 Å². The number of nitrogens with one attached hydrogen (secondary N) is 2. The Labute approximate surface area is 194 Å². The van der Waals surface area contributed by atoms with Crippen LogP contribution in [0.5, 0.6) is 11.5 Å². The minimum Gasteiger partial charge on any atom is -0.507 e. The molecule has 0 fully saturated rings. The van der Waals surface area contributed by atoms with Crippen molar-refractivity contribution in [1.29, 1.82) is 0 Å². The zero-order valence-corrected chi connectivity index (χ0v) is 18.5. The van der Waals surface area contributed by atoms with E-state index in [0.29, 0.717) is 26.2 Å². The first-order valence-corrected chi connectivity index (χ1v) is 9.87. The van der Waals surface area contributed by atoms with Crippen LogP contribution in [-0.4, -0.2) is 85.3 Å². The molecule has 0 unspecified atom stereocenters. The number of para-hydroxylation sites is 2. The van der Waals surface area contributed by atoms with Crippen LogP contribution in [0.3, 0.4) is 0 Å². The number of aromatic hydroxyl groups is 2. The van der Waals surface area contributed by atoms with Crippen LogP contribution in [0.1, 0.15) is 11.1 Å². The van der Waals surface area contributed by atoms with Crippen molar-refractivity contribution < 1.29 is 37.2 Å². The monoisotopic (exact) mass is 475 g/mol. The molecule has 31 heavy (non-hydrogen) atoms. The summed E-state index contributed by atoms with van der Waals surface area (Å²) in [7, 11) is 0. The Hall–Kier alpha value is -2.27. The van der Waals surface area contributed by atoms with Crippen LogP contribution in [0.15, 0.2) is 58.5 Å². The zero-order chi connectivity index (χ0) is 21.9. The van der Waals surface area contributed by atoms with E-state index in [1.807, 2.05) is 12.1 Å². The summed E-state index contributed by atoms with van der Waals surface area (Å²) in [4.78, 5) is 8.29. The maximum atomic E-state index is 9.41. The van der Waals surface area contributed by atoms with Gasteiger partial charge in [0.05, 0.1) is 26.3 Å². The van der Waals surface area contributed by atoms with Gasteiger partial charge >= 0.3 is 16.8 Å². The molecule has 2 aromatic rings. The summed E-state index contributed by atoms with van der Waals surface area (Å²) in [5.41, 5.74) is 1.44. The van der Waals surface area contributed by atoms with E-state index in [1.54, 1.807) is 48.8 Å². The normalized spacial score (nSPS) is 10.6. The molecule has 2 rings (SSSR count). The third kappa shape index (κ3) is 14.4. The quantitative estimate of drug-likeness (QED) is 0.199. The molecular weight excluding hydrogens is 443 g/mol. The molecule has 0 saturated carbocycles. The van der Waals surface area contributed by atoms with Crippen LogP contribution in [0.2, 0.25) is 0 Å². The zero-order valence-electron chi connectivity index (χ0n) is 17.4. The number of hydrogen-bond donors (Lipinski definition) is 6. The van der Waals surface area contributed by atoms with Gasteiger partial charge < -0.3 is 31.1 Å². The van der Waals surface area contributed by atoms with E-state index in [1.165, 1.54) is 0 Å². The number of hydrogen-bond acceptors (Lipinski definition) is 8. The molecule has 8 nitrogen and oxygen atoms in total. The number of rotatable bonds is 12. The summed E-state index contributed by atoms with van der Waals surface area (Å²) in [6.07, 6.45) is 3.30. The summed E-state index contributed by atoms with van der Waals surface area (Å²) in [5, 5.41) is 41.8. The van der Waals surface area contributed by atoms with E-state index in [4.69, 9.17) is 10.2 Å². The molecule has 0 bridgehead atoms. The Morgan fingerprint density at radius 3 is 1.39 bits per heavy atom. The summed E-state index contributed by atoms with van der Waals surface area (Å²) >= 11 is 0. The van der Waals surface area contributed by atoms with Crippen LogP contribution < -0.4 is 10.6 Å². The van der Waals surface area contributed by atoms with E-state index >= 15 is 0 Å². The van der Waals surface area contributed by atoms with Crippen molar-refractivity contribution >= 4 is 12.4 Å². The van der Waals surface area contributed by atoms with Gasteiger partial charge in [0.1, 0.15) is 11.5 Å². The molecule has 9 heteroatoms.